The third kappa shape index (κ3) is 4.18. The quantitative estimate of drug-likeness (QED) is 0.711. The van der Waals surface area contributed by atoms with Crippen LogP contribution in [-0.2, 0) is 9.84 Å². The van der Waals surface area contributed by atoms with E-state index in [4.69, 9.17) is 5.26 Å². The molecule has 1 unspecified atom stereocenters. The van der Waals surface area contributed by atoms with Gasteiger partial charge in [-0.15, -0.1) is 0 Å². The van der Waals surface area contributed by atoms with E-state index < -0.39 is 9.84 Å². The highest BCUT2D eigenvalue weighted by atomic mass is 32.2. The van der Waals surface area contributed by atoms with Gasteiger partial charge in [0.05, 0.1) is 17.7 Å². The van der Waals surface area contributed by atoms with Crippen LogP contribution in [0.15, 0.2) is 0 Å². The topological polar surface area (TPSA) is 61.2 Å². The van der Waals surface area contributed by atoms with Crippen LogP contribution in [0.25, 0.3) is 0 Å². The molecule has 0 radical (unpaired) electrons. The van der Waals surface area contributed by atoms with Gasteiger partial charge in [0.2, 0.25) is 0 Å². The predicted molar refractivity (Wildman–Crippen MR) is 59.1 cm³/mol. The molecule has 0 aromatic heterocycles. The van der Waals surface area contributed by atoms with Crippen LogP contribution in [0, 0.1) is 17.2 Å². The van der Waals surface area contributed by atoms with Gasteiger partial charge in [-0.2, -0.15) is 5.26 Å². The second kappa shape index (κ2) is 5.47. The Morgan fingerprint density at radius 3 is 2.87 bits per heavy atom. The average molecular weight is 230 g/mol. The minimum absolute atomic E-state index is 0.0862. The minimum Gasteiger partial charge on any atom is -0.301 e. The first kappa shape index (κ1) is 12.5. The summed E-state index contributed by atoms with van der Waals surface area (Å²) in [6, 6.07) is 2.25. The summed E-state index contributed by atoms with van der Waals surface area (Å²) in [5.41, 5.74) is 0. The highest BCUT2D eigenvalue weighted by Crippen LogP contribution is 2.15. The molecule has 1 saturated heterocycles. The van der Waals surface area contributed by atoms with Gasteiger partial charge in [-0.1, -0.05) is 6.92 Å². The second-order valence-electron chi connectivity index (χ2n) is 4.01. The predicted octanol–water partition coefficient (Wildman–Crippen LogP) is 0.657. The van der Waals surface area contributed by atoms with Crippen LogP contribution in [0.4, 0.5) is 0 Å². The van der Waals surface area contributed by atoms with Crippen molar-refractivity contribution in [2.75, 3.05) is 31.1 Å². The first-order valence-corrected chi connectivity index (χ1v) is 7.22. The molecular weight excluding hydrogens is 212 g/mol. The van der Waals surface area contributed by atoms with Crippen molar-refractivity contribution in [2.24, 2.45) is 5.92 Å². The Kier molecular flexibility index (Phi) is 4.55. The van der Waals surface area contributed by atoms with Crippen LogP contribution >= 0.6 is 0 Å². The number of likely N-dealkylation sites (tertiary alicyclic amines) is 1. The molecule has 1 aliphatic rings. The molecule has 0 amide bonds. The normalized spacial score (nSPS) is 23.6. The molecule has 0 aromatic rings. The van der Waals surface area contributed by atoms with E-state index in [1.165, 1.54) is 0 Å². The van der Waals surface area contributed by atoms with Crippen molar-refractivity contribution in [1.29, 1.82) is 5.26 Å². The Morgan fingerprint density at radius 2 is 2.27 bits per heavy atom. The van der Waals surface area contributed by atoms with Gasteiger partial charge in [-0.25, -0.2) is 8.42 Å². The third-order valence-electron chi connectivity index (χ3n) is 2.85. The van der Waals surface area contributed by atoms with Gasteiger partial charge >= 0.3 is 0 Å². The molecule has 1 atom stereocenters. The number of hydrogen-bond acceptors (Lipinski definition) is 4. The van der Waals surface area contributed by atoms with Gasteiger partial charge in [-0.3, -0.25) is 0 Å². The monoisotopic (exact) mass is 230 g/mol. The van der Waals surface area contributed by atoms with Crippen LogP contribution in [0.2, 0.25) is 0 Å². The molecule has 0 bridgehead atoms. The molecule has 1 aliphatic heterocycles. The van der Waals surface area contributed by atoms with Crippen molar-refractivity contribution in [3.8, 4) is 6.07 Å². The molecule has 1 heterocycles. The van der Waals surface area contributed by atoms with E-state index in [2.05, 4.69) is 11.0 Å². The van der Waals surface area contributed by atoms with Crippen molar-refractivity contribution in [3.63, 3.8) is 0 Å². The van der Waals surface area contributed by atoms with Crippen LogP contribution in [-0.4, -0.2) is 44.5 Å². The van der Waals surface area contributed by atoms with Gasteiger partial charge in [0.15, 0.2) is 9.84 Å². The molecule has 0 aliphatic carbocycles. The Hall–Kier alpha value is -0.600. The summed E-state index contributed by atoms with van der Waals surface area (Å²) in [6.45, 7) is 3.91. The number of piperidine rings is 1. The molecule has 0 aromatic carbocycles. The van der Waals surface area contributed by atoms with E-state index in [1.54, 1.807) is 6.92 Å². The molecular formula is C10H18N2O2S. The first-order valence-electron chi connectivity index (χ1n) is 5.40. The van der Waals surface area contributed by atoms with Crippen molar-refractivity contribution in [3.05, 3.63) is 0 Å². The highest BCUT2D eigenvalue weighted by Gasteiger charge is 2.20. The number of hydrogen-bond donors (Lipinski definition) is 0. The van der Waals surface area contributed by atoms with Crippen LogP contribution in [0.3, 0.4) is 0 Å². The Morgan fingerprint density at radius 1 is 1.53 bits per heavy atom. The Labute approximate surface area is 91.8 Å². The van der Waals surface area contributed by atoms with E-state index in [1.807, 2.05) is 0 Å². The van der Waals surface area contributed by atoms with Gasteiger partial charge in [0.25, 0.3) is 0 Å². The van der Waals surface area contributed by atoms with E-state index in [0.29, 0.717) is 6.54 Å². The Balaban J connectivity index is 2.37. The summed E-state index contributed by atoms with van der Waals surface area (Å²) in [6.07, 6.45) is 1.96. The molecule has 1 rings (SSSR count). The van der Waals surface area contributed by atoms with Crippen molar-refractivity contribution < 1.29 is 8.42 Å². The number of sulfone groups is 1. The zero-order valence-corrected chi connectivity index (χ0v) is 9.96. The number of nitrogens with zero attached hydrogens (tertiary/aromatic N) is 2. The summed E-state index contributed by atoms with van der Waals surface area (Å²) in [5, 5.41) is 8.79. The van der Waals surface area contributed by atoms with Crippen LogP contribution in [0.1, 0.15) is 19.8 Å². The molecule has 0 saturated carbocycles. The summed E-state index contributed by atoms with van der Waals surface area (Å²) >= 11 is 0. The average Bonchev–Trinajstić information content (AvgIpc) is 2.27. The lowest BCUT2D eigenvalue weighted by molar-refractivity contribution is 0.210. The lowest BCUT2D eigenvalue weighted by Crippen LogP contribution is -2.38. The van der Waals surface area contributed by atoms with E-state index in [-0.39, 0.29) is 17.4 Å². The van der Waals surface area contributed by atoms with Gasteiger partial charge < -0.3 is 4.90 Å². The second-order valence-corrected chi connectivity index (χ2v) is 6.48. The molecule has 5 heteroatoms. The molecule has 86 valence electrons. The van der Waals surface area contributed by atoms with Crippen molar-refractivity contribution in [2.45, 2.75) is 19.8 Å². The van der Waals surface area contributed by atoms with Crippen molar-refractivity contribution >= 4 is 9.84 Å². The highest BCUT2D eigenvalue weighted by molar-refractivity contribution is 7.91. The SMILES string of the molecule is CCS(=O)(=O)CCN1CCCC(C#N)C1. The molecule has 1 fully saturated rings. The molecule has 0 N–H and O–H groups in total. The summed E-state index contributed by atoms with van der Waals surface area (Å²) in [4.78, 5) is 2.09. The third-order valence-corrected chi connectivity index (χ3v) is 4.53. The van der Waals surface area contributed by atoms with Crippen molar-refractivity contribution in [1.82, 2.24) is 4.90 Å². The fourth-order valence-corrected chi connectivity index (χ4v) is 2.60. The molecule has 0 spiro atoms. The van der Waals surface area contributed by atoms with E-state index >= 15 is 0 Å². The van der Waals surface area contributed by atoms with E-state index in [9.17, 15) is 8.42 Å². The smallest absolute Gasteiger partial charge is 0.151 e. The largest absolute Gasteiger partial charge is 0.301 e. The fraction of sp³-hybridized carbons (Fsp3) is 0.900. The fourth-order valence-electron chi connectivity index (χ4n) is 1.78. The maximum Gasteiger partial charge on any atom is 0.151 e. The number of rotatable bonds is 4. The van der Waals surface area contributed by atoms with Gasteiger partial charge in [-0.05, 0) is 19.4 Å². The standard InChI is InChI=1S/C10H18N2O2S/c1-2-15(13,14)7-6-12-5-3-4-10(8-11)9-12/h10H,2-7,9H2,1H3. The molecule has 4 nitrogen and oxygen atoms in total. The minimum atomic E-state index is -2.87. The zero-order valence-electron chi connectivity index (χ0n) is 9.15. The maximum absolute atomic E-state index is 11.3. The molecule has 15 heavy (non-hydrogen) atoms. The maximum atomic E-state index is 11.3. The lowest BCUT2D eigenvalue weighted by Gasteiger charge is -2.29. The van der Waals surface area contributed by atoms with Crippen LogP contribution < -0.4 is 0 Å². The van der Waals surface area contributed by atoms with E-state index in [0.717, 1.165) is 25.9 Å². The Bertz CT molecular complexity index is 332. The number of nitriles is 1. The van der Waals surface area contributed by atoms with Gasteiger partial charge in [0.1, 0.15) is 0 Å². The lowest BCUT2D eigenvalue weighted by atomic mass is 10.00. The summed E-state index contributed by atoms with van der Waals surface area (Å²) in [7, 11) is -2.87. The van der Waals surface area contributed by atoms with Crippen LogP contribution in [0.5, 0.6) is 0 Å². The van der Waals surface area contributed by atoms with Gasteiger partial charge in [0, 0.05) is 18.8 Å². The first-order chi connectivity index (χ1) is 7.07. The zero-order chi connectivity index (χ0) is 11.3. The summed E-state index contributed by atoms with van der Waals surface area (Å²) < 4.78 is 22.6. The summed E-state index contributed by atoms with van der Waals surface area (Å²) in [5.74, 6) is 0.521.